The van der Waals surface area contributed by atoms with E-state index in [9.17, 15) is 4.79 Å². The molecule has 1 aliphatic carbocycles. The molecule has 0 radical (unpaired) electrons. The summed E-state index contributed by atoms with van der Waals surface area (Å²) >= 11 is 0. The lowest BCUT2D eigenvalue weighted by molar-refractivity contribution is 0.243. The number of carbonyl (C=O) groups is 1. The molecule has 1 fully saturated rings. The lowest BCUT2D eigenvalue weighted by Gasteiger charge is -2.30. The van der Waals surface area contributed by atoms with Crippen LogP contribution in [0.5, 0.6) is 0 Å². The van der Waals surface area contributed by atoms with Crippen molar-refractivity contribution >= 4 is 23.5 Å². The lowest BCUT2D eigenvalue weighted by atomic mass is 9.91. The number of nitrogens with zero attached hydrogens (tertiary/aromatic N) is 3. The maximum atomic E-state index is 12.5. The normalized spacial score (nSPS) is 18.3. The molecule has 1 aromatic carbocycles. The Morgan fingerprint density at radius 3 is 2.55 bits per heavy atom. The number of hydrogen-bond donors (Lipinski definition) is 3. The monoisotopic (exact) mass is 424 g/mol. The number of unbranched alkanes of at least 4 members (excludes halogenated alkanes) is 1. The Labute approximate surface area is 186 Å². The molecule has 7 nitrogen and oxygen atoms in total. The van der Waals surface area contributed by atoms with E-state index >= 15 is 0 Å². The summed E-state index contributed by atoms with van der Waals surface area (Å²) < 4.78 is 0. The maximum Gasteiger partial charge on any atom is 0.319 e. The number of hydrogen-bond acceptors (Lipinski definition) is 5. The third-order valence-corrected chi connectivity index (χ3v) is 5.85. The van der Waals surface area contributed by atoms with Crippen molar-refractivity contribution < 1.29 is 4.79 Å². The molecule has 168 valence electrons. The van der Waals surface area contributed by atoms with Crippen LogP contribution in [0, 0.1) is 6.92 Å². The average Bonchev–Trinajstić information content (AvgIpc) is 2.75. The minimum Gasteiger partial charge on any atom is -0.363 e. The highest BCUT2D eigenvalue weighted by Gasteiger charge is 2.23. The highest BCUT2D eigenvalue weighted by molar-refractivity contribution is 5.90. The quantitative estimate of drug-likeness (QED) is 0.570. The van der Waals surface area contributed by atoms with Crippen molar-refractivity contribution in [3.8, 4) is 0 Å². The van der Waals surface area contributed by atoms with Crippen LogP contribution in [-0.4, -0.2) is 42.2 Å². The van der Waals surface area contributed by atoms with Crippen LogP contribution < -0.4 is 20.9 Å². The van der Waals surface area contributed by atoms with Crippen LogP contribution in [0.25, 0.3) is 0 Å². The number of aromatic nitrogens is 2. The molecule has 0 aliphatic heterocycles. The van der Waals surface area contributed by atoms with Crippen LogP contribution in [0.1, 0.15) is 56.6 Å². The van der Waals surface area contributed by atoms with Gasteiger partial charge in [0.25, 0.3) is 0 Å². The summed E-state index contributed by atoms with van der Waals surface area (Å²) in [5.41, 5.74) is 3.32. The molecule has 1 aliphatic rings. The number of benzene rings is 1. The van der Waals surface area contributed by atoms with Crippen molar-refractivity contribution in [1.29, 1.82) is 0 Å². The van der Waals surface area contributed by atoms with Crippen LogP contribution in [0.3, 0.4) is 0 Å². The summed E-state index contributed by atoms with van der Waals surface area (Å²) in [6.45, 7) is 4.25. The Balaban J connectivity index is 1.44. The van der Waals surface area contributed by atoms with Crippen molar-refractivity contribution in [3.63, 3.8) is 0 Å². The summed E-state index contributed by atoms with van der Waals surface area (Å²) in [5.74, 6) is 1.55. The van der Waals surface area contributed by atoms with Crippen molar-refractivity contribution in [1.82, 2.24) is 15.3 Å². The zero-order chi connectivity index (χ0) is 22.2. The van der Waals surface area contributed by atoms with E-state index in [-0.39, 0.29) is 12.1 Å². The predicted molar refractivity (Wildman–Crippen MR) is 128 cm³/mol. The highest BCUT2D eigenvalue weighted by Crippen LogP contribution is 2.22. The number of carbonyl (C=O) groups excluding carboxylic acids is 1. The standard InChI is InChI=1S/C24H36N6O/c1-5-6-7-18-8-13-21(17(2)16-18)28-24(31)27-20-11-9-19(10-12-20)26-23-25-15-14-22(29-23)30(3)4/h8,13-16,19-20H,5-7,9-12H2,1-4H3,(H,25,26,29)(H2,27,28,31)/t19-,20+. The Hall–Kier alpha value is -2.83. The first-order valence-electron chi connectivity index (χ1n) is 11.4. The van der Waals surface area contributed by atoms with Crippen molar-refractivity contribution in [3.05, 3.63) is 41.6 Å². The van der Waals surface area contributed by atoms with Gasteiger partial charge in [0, 0.05) is 38.1 Å². The maximum absolute atomic E-state index is 12.5. The zero-order valence-corrected chi connectivity index (χ0v) is 19.2. The first kappa shape index (κ1) is 22.8. The molecule has 0 spiro atoms. The SMILES string of the molecule is CCCCc1ccc(NC(=O)N[C@H]2CC[C@@H](Nc3nccc(N(C)C)n3)CC2)c(C)c1. The third-order valence-electron chi connectivity index (χ3n) is 5.85. The van der Waals surface area contributed by atoms with Crippen molar-refractivity contribution in [2.24, 2.45) is 0 Å². The summed E-state index contributed by atoms with van der Waals surface area (Å²) in [4.78, 5) is 23.3. The van der Waals surface area contributed by atoms with Gasteiger partial charge in [-0.15, -0.1) is 0 Å². The van der Waals surface area contributed by atoms with E-state index in [0.29, 0.717) is 12.0 Å². The van der Waals surface area contributed by atoms with E-state index in [2.05, 4.69) is 51.9 Å². The number of anilines is 3. The van der Waals surface area contributed by atoms with Crippen LogP contribution in [-0.2, 0) is 6.42 Å². The van der Waals surface area contributed by atoms with Gasteiger partial charge in [0.15, 0.2) is 0 Å². The molecule has 1 saturated carbocycles. The molecule has 3 N–H and O–H groups in total. The topological polar surface area (TPSA) is 82.2 Å². The number of aryl methyl sites for hydroxylation is 2. The Morgan fingerprint density at radius 2 is 1.87 bits per heavy atom. The second-order valence-corrected chi connectivity index (χ2v) is 8.68. The molecular formula is C24H36N6O. The fraction of sp³-hybridized carbons (Fsp3) is 0.542. The number of nitrogens with one attached hydrogen (secondary N) is 3. The molecule has 1 heterocycles. The Morgan fingerprint density at radius 1 is 1.13 bits per heavy atom. The molecule has 31 heavy (non-hydrogen) atoms. The molecule has 3 rings (SSSR count). The molecule has 0 unspecified atom stereocenters. The number of rotatable bonds is 8. The molecule has 7 heteroatoms. The Kier molecular flexibility index (Phi) is 8.09. The van der Waals surface area contributed by atoms with Gasteiger partial charge in [0.1, 0.15) is 5.82 Å². The first-order chi connectivity index (χ1) is 14.9. The van der Waals surface area contributed by atoms with Crippen molar-refractivity contribution in [2.75, 3.05) is 29.6 Å². The average molecular weight is 425 g/mol. The lowest BCUT2D eigenvalue weighted by Crippen LogP contribution is -2.42. The predicted octanol–water partition coefficient (Wildman–Crippen LogP) is 4.74. The first-order valence-corrected chi connectivity index (χ1v) is 11.4. The summed E-state index contributed by atoms with van der Waals surface area (Å²) in [5, 5.41) is 9.59. The molecular weight excluding hydrogens is 388 g/mol. The van der Waals surface area contributed by atoms with Gasteiger partial charge in [0.2, 0.25) is 5.95 Å². The van der Waals surface area contributed by atoms with Crippen LogP contribution in [0.15, 0.2) is 30.5 Å². The van der Waals surface area contributed by atoms with E-state index in [1.165, 1.54) is 18.4 Å². The molecule has 0 bridgehead atoms. The molecule has 1 aromatic heterocycles. The smallest absolute Gasteiger partial charge is 0.319 e. The van der Waals surface area contributed by atoms with E-state index in [1.54, 1.807) is 6.20 Å². The highest BCUT2D eigenvalue weighted by atomic mass is 16.2. The molecule has 0 saturated heterocycles. The largest absolute Gasteiger partial charge is 0.363 e. The van der Waals surface area contributed by atoms with Crippen LogP contribution >= 0.6 is 0 Å². The summed E-state index contributed by atoms with van der Waals surface area (Å²) in [6, 6.07) is 8.60. The minimum absolute atomic E-state index is 0.122. The van der Waals surface area contributed by atoms with Crippen LogP contribution in [0.4, 0.5) is 22.2 Å². The van der Waals surface area contributed by atoms with Gasteiger partial charge in [-0.2, -0.15) is 4.98 Å². The second kappa shape index (κ2) is 11.0. The second-order valence-electron chi connectivity index (χ2n) is 8.68. The van der Waals surface area contributed by atoms with Crippen molar-refractivity contribution in [2.45, 2.75) is 70.9 Å². The van der Waals surface area contributed by atoms with Gasteiger partial charge in [0.05, 0.1) is 0 Å². The van der Waals surface area contributed by atoms with Gasteiger partial charge >= 0.3 is 6.03 Å². The van der Waals surface area contributed by atoms with E-state index in [0.717, 1.165) is 49.2 Å². The van der Waals surface area contributed by atoms with Gasteiger partial charge in [-0.3, -0.25) is 0 Å². The Bertz CT molecular complexity index is 861. The fourth-order valence-corrected chi connectivity index (χ4v) is 3.98. The summed E-state index contributed by atoms with van der Waals surface area (Å²) in [6.07, 6.45) is 9.08. The zero-order valence-electron chi connectivity index (χ0n) is 19.2. The van der Waals surface area contributed by atoms with Crippen LogP contribution in [0.2, 0.25) is 0 Å². The van der Waals surface area contributed by atoms with Gasteiger partial charge in [-0.25, -0.2) is 9.78 Å². The fourth-order valence-electron chi connectivity index (χ4n) is 3.98. The van der Waals surface area contributed by atoms with Gasteiger partial charge in [-0.1, -0.05) is 25.5 Å². The molecule has 2 amide bonds. The number of urea groups is 1. The van der Waals surface area contributed by atoms with E-state index in [1.807, 2.05) is 31.1 Å². The minimum atomic E-state index is -0.122. The van der Waals surface area contributed by atoms with E-state index < -0.39 is 0 Å². The third kappa shape index (κ3) is 6.84. The molecule has 0 atom stereocenters. The van der Waals surface area contributed by atoms with E-state index in [4.69, 9.17) is 0 Å². The molecule has 2 aromatic rings. The van der Waals surface area contributed by atoms with Gasteiger partial charge in [-0.05, 0) is 68.7 Å². The number of amides is 2. The summed E-state index contributed by atoms with van der Waals surface area (Å²) in [7, 11) is 3.94. The van der Waals surface area contributed by atoms with Gasteiger partial charge < -0.3 is 20.9 Å².